The molecular formula is C11H18N2S. The van der Waals surface area contributed by atoms with Gasteiger partial charge in [-0.15, -0.1) is 11.8 Å². The molecule has 0 aliphatic heterocycles. The first-order chi connectivity index (χ1) is 6.83. The van der Waals surface area contributed by atoms with Crippen molar-refractivity contribution in [2.75, 3.05) is 13.1 Å². The summed E-state index contributed by atoms with van der Waals surface area (Å²) in [5.74, 6) is 0. The van der Waals surface area contributed by atoms with Crippen LogP contribution in [0.5, 0.6) is 0 Å². The number of nitrogens with zero attached hydrogens (tertiary/aromatic N) is 1. The number of aromatic nitrogens is 1. The Bertz CT molecular complexity index is 238. The molecule has 1 rings (SSSR count). The molecule has 2 nitrogen and oxygen atoms in total. The van der Waals surface area contributed by atoms with Crippen LogP contribution < -0.4 is 5.32 Å². The second-order valence-electron chi connectivity index (χ2n) is 3.32. The van der Waals surface area contributed by atoms with E-state index in [9.17, 15) is 0 Å². The Balaban J connectivity index is 2.23. The quantitative estimate of drug-likeness (QED) is 0.577. The molecule has 1 atom stereocenters. The van der Waals surface area contributed by atoms with Crippen LogP contribution in [0.2, 0.25) is 0 Å². The number of hydrogen-bond acceptors (Lipinski definition) is 3. The molecule has 1 heterocycles. The van der Waals surface area contributed by atoms with E-state index in [1.807, 2.05) is 24.2 Å². The van der Waals surface area contributed by atoms with Gasteiger partial charge in [0, 0.05) is 29.1 Å². The predicted molar refractivity (Wildman–Crippen MR) is 62.7 cm³/mol. The molecule has 0 aliphatic carbocycles. The van der Waals surface area contributed by atoms with Crippen LogP contribution in [-0.2, 0) is 0 Å². The van der Waals surface area contributed by atoms with Crippen molar-refractivity contribution >= 4 is 11.8 Å². The van der Waals surface area contributed by atoms with Gasteiger partial charge in [-0.25, -0.2) is 0 Å². The Morgan fingerprint density at radius 1 is 1.43 bits per heavy atom. The van der Waals surface area contributed by atoms with Crippen LogP contribution in [0.3, 0.4) is 0 Å². The molecule has 0 fully saturated rings. The highest BCUT2D eigenvalue weighted by atomic mass is 32.2. The molecule has 0 aromatic carbocycles. The molecular weight excluding hydrogens is 192 g/mol. The lowest BCUT2D eigenvalue weighted by molar-refractivity contribution is 0.669. The summed E-state index contributed by atoms with van der Waals surface area (Å²) in [6, 6.07) is 4.11. The fraction of sp³-hybridized carbons (Fsp3) is 0.545. The number of rotatable bonds is 6. The Hall–Kier alpha value is -0.540. The van der Waals surface area contributed by atoms with Gasteiger partial charge >= 0.3 is 0 Å². The van der Waals surface area contributed by atoms with Gasteiger partial charge in [-0.3, -0.25) is 4.98 Å². The number of thioether (sulfide) groups is 1. The third-order valence-corrected chi connectivity index (χ3v) is 2.96. The molecule has 1 aromatic heterocycles. The Labute approximate surface area is 90.5 Å². The van der Waals surface area contributed by atoms with Gasteiger partial charge in [0.2, 0.25) is 0 Å². The maximum absolute atomic E-state index is 4.00. The van der Waals surface area contributed by atoms with Gasteiger partial charge in [0.25, 0.3) is 0 Å². The summed E-state index contributed by atoms with van der Waals surface area (Å²) in [6.45, 7) is 6.61. The first-order valence-electron chi connectivity index (χ1n) is 5.10. The molecule has 0 aliphatic rings. The van der Waals surface area contributed by atoms with Crippen LogP contribution in [-0.4, -0.2) is 23.3 Å². The molecule has 0 bridgehead atoms. The molecule has 0 amide bonds. The first kappa shape index (κ1) is 11.5. The van der Waals surface area contributed by atoms with E-state index in [-0.39, 0.29) is 0 Å². The smallest absolute Gasteiger partial charge is 0.0278 e. The zero-order valence-corrected chi connectivity index (χ0v) is 9.68. The summed E-state index contributed by atoms with van der Waals surface area (Å²) in [4.78, 5) is 5.30. The first-order valence-corrected chi connectivity index (χ1v) is 5.98. The number of pyridine rings is 1. The van der Waals surface area contributed by atoms with Gasteiger partial charge in [-0.2, -0.15) is 0 Å². The second kappa shape index (κ2) is 6.85. The van der Waals surface area contributed by atoms with Crippen molar-refractivity contribution in [2.24, 2.45) is 0 Å². The SMILES string of the molecule is CCCNCC(C)Sc1ccncc1. The van der Waals surface area contributed by atoms with E-state index in [0.29, 0.717) is 5.25 Å². The van der Waals surface area contributed by atoms with Gasteiger partial charge in [0.05, 0.1) is 0 Å². The van der Waals surface area contributed by atoms with Gasteiger partial charge in [-0.1, -0.05) is 13.8 Å². The molecule has 0 saturated carbocycles. The molecule has 0 saturated heterocycles. The van der Waals surface area contributed by atoms with Crippen molar-refractivity contribution in [1.82, 2.24) is 10.3 Å². The summed E-state index contributed by atoms with van der Waals surface area (Å²) in [6.07, 6.45) is 4.88. The summed E-state index contributed by atoms with van der Waals surface area (Å²) >= 11 is 1.89. The highest BCUT2D eigenvalue weighted by molar-refractivity contribution is 8.00. The summed E-state index contributed by atoms with van der Waals surface area (Å²) in [5, 5.41) is 4.03. The van der Waals surface area contributed by atoms with Crippen LogP contribution in [0.4, 0.5) is 0 Å². The monoisotopic (exact) mass is 210 g/mol. The minimum Gasteiger partial charge on any atom is -0.316 e. The second-order valence-corrected chi connectivity index (χ2v) is 4.83. The Morgan fingerprint density at radius 2 is 2.14 bits per heavy atom. The Morgan fingerprint density at radius 3 is 2.79 bits per heavy atom. The van der Waals surface area contributed by atoms with Crippen LogP contribution >= 0.6 is 11.8 Å². The predicted octanol–water partition coefficient (Wildman–Crippen LogP) is 2.56. The van der Waals surface area contributed by atoms with E-state index < -0.39 is 0 Å². The standard InChI is InChI=1S/C11H18N2S/c1-3-6-13-9-10(2)14-11-4-7-12-8-5-11/h4-5,7-8,10,13H,3,6,9H2,1-2H3. The van der Waals surface area contributed by atoms with Crippen molar-refractivity contribution in [2.45, 2.75) is 30.4 Å². The van der Waals surface area contributed by atoms with Crippen molar-refractivity contribution in [3.05, 3.63) is 24.5 Å². The lowest BCUT2D eigenvalue weighted by atomic mass is 10.4. The van der Waals surface area contributed by atoms with Gasteiger partial charge in [0.1, 0.15) is 0 Å². The van der Waals surface area contributed by atoms with Crippen LogP contribution in [0, 0.1) is 0 Å². The van der Waals surface area contributed by atoms with Crippen molar-refractivity contribution in [3.8, 4) is 0 Å². The number of hydrogen-bond donors (Lipinski definition) is 1. The summed E-state index contributed by atoms with van der Waals surface area (Å²) in [7, 11) is 0. The molecule has 3 heteroatoms. The minimum absolute atomic E-state index is 0.615. The van der Waals surface area contributed by atoms with Crippen LogP contribution in [0.25, 0.3) is 0 Å². The van der Waals surface area contributed by atoms with E-state index in [4.69, 9.17) is 0 Å². The van der Waals surface area contributed by atoms with Crippen LogP contribution in [0.1, 0.15) is 20.3 Å². The maximum atomic E-state index is 4.00. The average Bonchev–Trinajstić information content (AvgIpc) is 2.20. The molecule has 1 N–H and O–H groups in total. The maximum Gasteiger partial charge on any atom is 0.0278 e. The summed E-state index contributed by atoms with van der Waals surface area (Å²) in [5.41, 5.74) is 0. The fourth-order valence-electron chi connectivity index (χ4n) is 1.17. The molecule has 1 aromatic rings. The average molecular weight is 210 g/mol. The van der Waals surface area contributed by atoms with E-state index in [0.717, 1.165) is 13.1 Å². The minimum atomic E-state index is 0.615. The molecule has 78 valence electrons. The van der Waals surface area contributed by atoms with Gasteiger partial charge < -0.3 is 5.32 Å². The lowest BCUT2D eigenvalue weighted by Crippen LogP contribution is -2.23. The molecule has 0 radical (unpaired) electrons. The van der Waals surface area contributed by atoms with E-state index in [1.165, 1.54) is 11.3 Å². The molecule has 1 unspecified atom stereocenters. The topological polar surface area (TPSA) is 24.9 Å². The molecule has 14 heavy (non-hydrogen) atoms. The third kappa shape index (κ3) is 4.63. The van der Waals surface area contributed by atoms with Gasteiger partial charge in [-0.05, 0) is 25.1 Å². The highest BCUT2D eigenvalue weighted by Crippen LogP contribution is 2.21. The van der Waals surface area contributed by atoms with Crippen molar-refractivity contribution < 1.29 is 0 Å². The third-order valence-electron chi connectivity index (χ3n) is 1.85. The van der Waals surface area contributed by atoms with Crippen molar-refractivity contribution in [3.63, 3.8) is 0 Å². The Kier molecular flexibility index (Phi) is 5.64. The normalized spacial score (nSPS) is 12.7. The van der Waals surface area contributed by atoms with E-state index in [1.54, 1.807) is 0 Å². The molecule has 0 spiro atoms. The zero-order valence-electron chi connectivity index (χ0n) is 8.86. The fourth-order valence-corrected chi connectivity index (χ4v) is 2.12. The zero-order chi connectivity index (χ0) is 10.2. The van der Waals surface area contributed by atoms with Crippen LogP contribution in [0.15, 0.2) is 29.4 Å². The van der Waals surface area contributed by atoms with E-state index >= 15 is 0 Å². The largest absolute Gasteiger partial charge is 0.316 e. The lowest BCUT2D eigenvalue weighted by Gasteiger charge is -2.11. The van der Waals surface area contributed by atoms with E-state index in [2.05, 4.69) is 36.3 Å². The van der Waals surface area contributed by atoms with Gasteiger partial charge in [0.15, 0.2) is 0 Å². The summed E-state index contributed by atoms with van der Waals surface area (Å²) < 4.78 is 0. The van der Waals surface area contributed by atoms with Crippen molar-refractivity contribution in [1.29, 1.82) is 0 Å². The highest BCUT2D eigenvalue weighted by Gasteiger charge is 2.02. The number of nitrogens with one attached hydrogen (secondary N) is 1.